The molecule has 1 aromatic carbocycles. The molecule has 1 amide bonds. The van der Waals surface area contributed by atoms with Crippen LogP contribution in [0.25, 0.3) is 0 Å². The number of halogens is 1. The standard InChI is InChI=1S/C16H23ClN2O/c1-12(2)19(11-13-7-9-18-10-8-13)16(20)14-3-5-15(17)6-4-14/h3-6,12-13,18H,7-11H2,1-2H3. The van der Waals surface area contributed by atoms with Gasteiger partial charge < -0.3 is 10.2 Å². The molecule has 110 valence electrons. The van der Waals surface area contributed by atoms with Gasteiger partial charge in [-0.05, 0) is 70.0 Å². The number of nitrogens with zero attached hydrogens (tertiary/aromatic N) is 1. The second kappa shape index (κ2) is 7.09. The van der Waals surface area contributed by atoms with Crippen molar-refractivity contribution in [2.75, 3.05) is 19.6 Å². The van der Waals surface area contributed by atoms with Crippen molar-refractivity contribution in [1.29, 1.82) is 0 Å². The van der Waals surface area contributed by atoms with Gasteiger partial charge in [-0.3, -0.25) is 4.79 Å². The Morgan fingerprint density at radius 3 is 2.45 bits per heavy atom. The van der Waals surface area contributed by atoms with Crippen molar-refractivity contribution in [2.45, 2.75) is 32.7 Å². The van der Waals surface area contributed by atoms with E-state index >= 15 is 0 Å². The Bertz CT molecular complexity index is 438. The zero-order chi connectivity index (χ0) is 14.5. The molecule has 0 radical (unpaired) electrons. The summed E-state index contributed by atoms with van der Waals surface area (Å²) in [4.78, 5) is 14.6. The molecule has 0 aromatic heterocycles. The molecule has 1 aliphatic rings. The van der Waals surface area contributed by atoms with E-state index in [0.29, 0.717) is 10.9 Å². The zero-order valence-electron chi connectivity index (χ0n) is 12.2. The van der Waals surface area contributed by atoms with Crippen molar-refractivity contribution >= 4 is 17.5 Å². The summed E-state index contributed by atoms with van der Waals surface area (Å²) >= 11 is 5.88. The zero-order valence-corrected chi connectivity index (χ0v) is 13.0. The van der Waals surface area contributed by atoms with E-state index in [1.807, 2.05) is 17.0 Å². The Labute approximate surface area is 126 Å². The van der Waals surface area contributed by atoms with Crippen LogP contribution in [0.5, 0.6) is 0 Å². The molecule has 0 bridgehead atoms. The molecule has 1 saturated heterocycles. The summed E-state index contributed by atoms with van der Waals surface area (Å²) in [5.74, 6) is 0.713. The molecule has 1 aliphatic heterocycles. The van der Waals surface area contributed by atoms with E-state index in [2.05, 4.69) is 19.2 Å². The van der Waals surface area contributed by atoms with Crippen molar-refractivity contribution in [3.63, 3.8) is 0 Å². The third-order valence-electron chi connectivity index (χ3n) is 3.89. The molecule has 20 heavy (non-hydrogen) atoms. The smallest absolute Gasteiger partial charge is 0.254 e. The monoisotopic (exact) mass is 294 g/mol. The van der Waals surface area contributed by atoms with E-state index in [0.717, 1.165) is 38.0 Å². The van der Waals surface area contributed by atoms with Crippen molar-refractivity contribution in [3.05, 3.63) is 34.9 Å². The minimum Gasteiger partial charge on any atom is -0.336 e. The van der Waals surface area contributed by atoms with Crippen LogP contribution in [0.1, 0.15) is 37.0 Å². The van der Waals surface area contributed by atoms with Crippen LogP contribution < -0.4 is 5.32 Å². The topological polar surface area (TPSA) is 32.3 Å². The number of carbonyl (C=O) groups is 1. The maximum atomic E-state index is 12.6. The fourth-order valence-corrected chi connectivity index (χ4v) is 2.75. The second-order valence-electron chi connectivity index (χ2n) is 5.75. The summed E-state index contributed by atoms with van der Waals surface area (Å²) in [6.45, 7) is 7.13. The van der Waals surface area contributed by atoms with E-state index in [9.17, 15) is 4.79 Å². The summed E-state index contributed by atoms with van der Waals surface area (Å²) in [5, 5.41) is 4.03. The Balaban J connectivity index is 2.07. The minimum atomic E-state index is 0.107. The summed E-state index contributed by atoms with van der Waals surface area (Å²) in [6, 6.07) is 7.38. The summed E-state index contributed by atoms with van der Waals surface area (Å²) in [5.41, 5.74) is 0.719. The first-order valence-corrected chi connectivity index (χ1v) is 7.73. The lowest BCUT2D eigenvalue weighted by atomic mass is 9.96. The summed E-state index contributed by atoms with van der Waals surface area (Å²) < 4.78 is 0. The van der Waals surface area contributed by atoms with Crippen LogP contribution >= 0.6 is 11.6 Å². The molecule has 0 spiro atoms. The van der Waals surface area contributed by atoms with Crippen LogP contribution in [0.4, 0.5) is 0 Å². The third-order valence-corrected chi connectivity index (χ3v) is 4.14. The summed E-state index contributed by atoms with van der Waals surface area (Å²) in [7, 11) is 0. The Hall–Kier alpha value is -1.06. The molecule has 0 aliphatic carbocycles. The van der Waals surface area contributed by atoms with Crippen molar-refractivity contribution in [1.82, 2.24) is 10.2 Å². The third kappa shape index (κ3) is 3.97. The number of nitrogens with one attached hydrogen (secondary N) is 1. The number of benzene rings is 1. The highest BCUT2D eigenvalue weighted by molar-refractivity contribution is 6.30. The average molecular weight is 295 g/mol. The van der Waals surface area contributed by atoms with Crippen LogP contribution in [0.3, 0.4) is 0 Å². The molecule has 1 heterocycles. The van der Waals surface area contributed by atoms with Gasteiger partial charge in [0.15, 0.2) is 0 Å². The number of amides is 1. The maximum absolute atomic E-state index is 12.6. The molecule has 2 rings (SSSR count). The molecule has 4 heteroatoms. The van der Waals surface area contributed by atoms with Gasteiger partial charge in [-0.2, -0.15) is 0 Å². The highest BCUT2D eigenvalue weighted by Crippen LogP contribution is 2.18. The average Bonchev–Trinajstić information content (AvgIpc) is 2.45. The number of rotatable bonds is 4. The quantitative estimate of drug-likeness (QED) is 0.925. The van der Waals surface area contributed by atoms with Gasteiger partial charge in [0, 0.05) is 23.2 Å². The SMILES string of the molecule is CC(C)N(CC1CCNCC1)C(=O)c1ccc(Cl)cc1. The van der Waals surface area contributed by atoms with E-state index in [1.165, 1.54) is 0 Å². The lowest BCUT2D eigenvalue weighted by Gasteiger charge is -2.33. The molecule has 0 saturated carbocycles. The Morgan fingerprint density at radius 1 is 1.30 bits per heavy atom. The molecule has 1 aromatic rings. The van der Waals surface area contributed by atoms with Gasteiger partial charge in [-0.1, -0.05) is 11.6 Å². The largest absolute Gasteiger partial charge is 0.336 e. The van der Waals surface area contributed by atoms with E-state index in [-0.39, 0.29) is 11.9 Å². The first kappa shape index (κ1) is 15.3. The Kier molecular flexibility index (Phi) is 5.44. The lowest BCUT2D eigenvalue weighted by molar-refractivity contribution is 0.0658. The first-order chi connectivity index (χ1) is 9.58. The van der Waals surface area contributed by atoms with Gasteiger partial charge in [-0.25, -0.2) is 0 Å². The molecule has 1 fully saturated rings. The fraction of sp³-hybridized carbons (Fsp3) is 0.562. The number of piperidine rings is 1. The van der Waals surface area contributed by atoms with Crippen LogP contribution in [-0.2, 0) is 0 Å². The highest BCUT2D eigenvalue weighted by atomic mass is 35.5. The molecule has 1 N–H and O–H groups in total. The van der Waals surface area contributed by atoms with E-state index in [1.54, 1.807) is 12.1 Å². The van der Waals surface area contributed by atoms with Gasteiger partial charge in [0.25, 0.3) is 5.91 Å². The predicted octanol–water partition coefficient (Wildman–Crippen LogP) is 3.19. The molecule has 0 unspecified atom stereocenters. The predicted molar refractivity (Wildman–Crippen MR) is 83.2 cm³/mol. The minimum absolute atomic E-state index is 0.107. The van der Waals surface area contributed by atoms with Crippen molar-refractivity contribution in [2.24, 2.45) is 5.92 Å². The molecule has 0 atom stereocenters. The van der Waals surface area contributed by atoms with Crippen LogP contribution in [0, 0.1) is 5.92 Å². The summed E-state index contributed by atoms with van der Waals surface area (Å²) in [6.07, 6.45) is 2.30. The normalized spacial score (nSPS) is 16.4. The fourth-order valence-electron chi connectivity index (χ4n) is 2.63. The highest BCUT2D eigenvalue weighted by Gasteiger charge is 2.23. The van der Waals surface area contributed by atoms with Gasteiger partial charge in [0.2, 0.25) is 0 Å². The molecular weight excluding hydrogens is 272 g/mol. The van der Waals surface area contributed by atoms with Gasteiger partial charge in [0.1, 0.15) is 0 Å². The van der Waals surface area contributed by atoms with Gasteiger partial charge in [0.05, 0.1) is 0 Å². The van der Waals surface area contributed by atoms with Crippen LogP contribution in [0.2, 0.25) is 5.02 Å². The maximum Gasteiger partial charge on any atom is 0.254 e. The lowest BCUT2D eigenvalue weighted by Crippen LogP contribution is -2.42. The van der Waals surface area contributed by atoms with E-state index < -0.39 is 0 Å². The van der Waals surface area contributed by atoms with Gasteiger partial charge >= 0.3 is 0 Å². The molecule has 3 nitrogen and oxygen atoms in total. The Morgan fingerprint density at radius 2 is 1.90 bits per heavy atom. The van der Waals surface area contributed by atoms with Crippen molar-refractivity contribution in [3.8, 4) is 0 Å². The molecular formula is C16H23ClN2O. The second-order valence-corrected chi connectivity index (χ2v) is 6.19. The van der Waals surface area contributed by atoms with Crippen molar-refractivity contribution < 1.29 is 4.79 Å². The van der Waals surface area contributed by atoms with Crippen LogP contribution in [-0.4, -0.2) is 36.5 Å². The number of carbonyl (C=O) groups excluding carboxylic acids is 1. The first-order valence-electron chi connectivity index (χ1n) is 7.35. The van der Waals surface area contributed by atoms with E-state index in [4.69, 9.17) is 11.6 Å². The van der Waals surface area contributed by atoms with Gasteiger partial charge in [-0.15, -0.1) is 0 Å². The van der Waals surface area contributed by atoms with Crippen LogP contribution in [0.15, 0.2) is 24.3 Å². The number of hydrogen-bond acceptors (Lipinski definition) is 2. The number of hydrogen-bond donors (Lipinski definition) is 1.